The first kappa shape index (κ1) is 12.4. The van der Waals surface area contributed by atoms with Gasteiger partial charge < -0.3 is 5.32 Å². The van der Waals surface area contributed by atoms with Crippen molar-refractivity contribution in [2.45, 2.75) is 57.9 Å². The minimum Gasteiger partial charge on any atom is -0.350 e. The van der Waals surface area contributed by atoms with Crippen LogP contribution in [0.3, 0.4) is 0 Å². The van der Waals surface area contributed by atoms with Crippen molar-refractivity contribution >= 4 is 21.8 Å². The largest absolute Gasteiger partial charge is 0.350 e. The van der Waals surface area contributed by atoms with Gasteiger partial charge in [-0.2, -0.15) is 0 Å². The van der Waals surface area contributed by atoms with Crippen LogP contribution in [-0.4, -0.2) is 16.8 Å². The van der Waals surface area contributed by atoms with Crippen molar-refractivity contribution in [3.8, 4) is 0 Å². The van der Waals surface area contributed by atoms with Gasteiger partial charge in [0.2, 0.25) is 5.91 Å². The number of rotatable bonds is 3. The van der Waals surface area contributed by atoms with E-state index >= 15 is 0 Å². The van der Waals surface area contributed by atoms with Crippen molar-refractivity contribution in [3.05, 3.63) is 0 Å². The predicted octanol–water partition coefficient (Wildman–Crippen LogP) is 3.25. The third kappa shape index (κ3) is 2.44. The van der Waals surface area contributed by atoms with Gasteiger partial charge in [-0.05, 0) is 31.1 Å². The molecule has 0 aromatic rings. The van der Waals surface area contributed by atoms with E-state index in [0.29, 0.717) is 5.91 Å². The van der Waals surface area contributed by atoms with Gasteiger partial charge in [-0.1, -0.05) is 42.6 Å². The highest BCUT2D eigenvalue weighted by Crippen LogP contribution is 2.43. The molecule has 2 aliphatic carbocycles. The van der Waals surface area contributed by atoms with Crippen LogP contribution in [0.1, 0.15) is 52.4 Å². The Labute approximate surface area is 107 Å². The average Bonchev–Trinajstić information content (AvgIpc) is 2.97. The molecule has 3 heteroatoms. The molecule has 0 bridgehead atoms. The number of amides is 1. The molecule has 2 nitrogen and oxygen atoms in total. The fourth-order valence-electron chi connectivity index (χ4n) is 2.77. The summed E-state index contributed by atoms with van der Waals surface area (Å²) in [5.41, 5.74) is 0.287. The van der Waals surface area contributed by atoms with E-state index in [9.17, 15) is 4.79 Å². The number of halogens is 1. The van der Waals surface area contributed by atoms with Gasteiger partial charge in [0, 0.05) is 16.8 Å². The Balaban J connectivity index is 1.98. The van der Waals surface area contributed by atoms with Gasteiger partial charge in [0.15, 0.2) is 0 Å². The highest BCUT2D eigenvalue weighted by atomic mass is 79.9. The first-order valence-corrected chi connectivity index (χ1v) is 7.49. The van der Waals surface area contributed by atoms with Gasteiger partial charge in [-0.15, -0.1) is 0 Å². The minimum atomic E-state index is 0.102. The van der Waals surface area contributed by atoms with Crippen molar-refractivity contribution in [2.24, 2.45) is 11.3 Å². The Morgan fingerprint density at radius 3 is 2.50 bits per heavy atom. The molecule has 1 atom stereocenters. The molecule has 0 heterocycles. The summed E-state index contributed by atoms with van der Waals surface area (Å²) >= 11 is 3.50. The Hall–Kier alpha value is -0.0500. The highest BCUT2D eigenvalue weighted by molar-refractivity contribution is 9.09. The predicted molar refractivity (Wildman–Crippen MR) is 69.6 cm³/mol. The molecule has 2 fully saturated rings. The van der Waals surface area contributed by atoms with Crippen molar-refractivity contribution in [1.82, 2.24) is 5.32 Å². The van der Waals surface area contributed by atoms with E-state index in [2.05, 4.69) is 35.1 Å². The first-order chi connectivity index (χ1) is 7.49. The summed E-state index contributed by atoms with van der Waals surface area (Å²) in [7, 11) is 0. The maximum Gasteiger partial charge on any atom is 0.224 e. The Morgan fingerprint density at radius 1 is 1.31 bits per heavy atom. The van der Waals surface area contributed by atoms with Crippen LogP contribution in [0.4, 0.5) is 0 Å². The molecule has 0 aliphatic heterocycles. The van der Waals surface area contributed by atoms with Crippen molar-refractivity contribution in [2.75, 3.05) is 5.33 Å². The van der Waals surface area contributed by atoms with E-state index < -0.39 is 0 Å². The van der Waals surface area contributed by atoms with Crippen LogP contribution in [0.5, 0.6) is 0 Å². The van der Waals surface area contributed by atoms with E-state index in [0.717, 1.165) is 24.6 Å². The molecule has 2 rings (SSSR count). The molecule has 0 aromatic carbocycles. The molecule has 92 valence electrons. The topological polar surface area (TPSA) is 29.1 Å². The normalized spacial score (nSPS) is 30.8. The molecule has 0 spiro atoms. The van der Waals surface area contributed by atoms with Crippen LogP contribution < -0.4 is 5.32 Å². The zero-order valence-electron chi connectivity index (χ0n) is 10.3. The number of nitrogens with one attached hydrogen (secondary N) is 1. The van der Waals surface area contributed by atoms with Crippen LogP contribution >= 0.6 is 15.9 Å². The number of carbonyl (C=O) groups is 1. The standard InChI is InChI=1S/C13H22BrNO/c1-12(2)6-4-3-5-10(12)11(16)15-13(9-14)7-8-13/h10H,3-9H2,1-2H3,(H,15,16). The summed E-state index contributed by atoms with van der Waals surface area (Å²) in [6.45, 7) is 4.48. The van der Waals surface area contributed by atoms with Crippen LogP contribution in [0.25, 0.3) is 0 Å². The van der Waals surface area contributed by atoms with Crippen molar-refractivity contribution in [1.29, 1.82) is 0 Å². The zero-order chi connectivity index (χ0) is 11.8. The average molecular weight is 288 g/mol. The molecule has 1 amide bonds. The van der Waals surface area contributed by atoms with Crippen LogP contribution in [0.15, 0.2) is 0 Å². The van der Waals surface area contributed by atoms with E-state index in [4.69, 9.17) is 0 Å². The van der Waals surface area contributed by atoms with Crippen LogP contribution in [0, 0.1) is 11.3 Å². The third-order valence-corrected chi connectivity index (χ3v) is 5.39. The second-order valence-electron chi connectivity index (χ2n) is 6.19. The summed E-state index contributed by atoms with van der Waals surface area (Å²) in [5, 5.41) is 4.16. The summed E-state index contributed by atoms with van der Waals surface area (Å²) in [6, 6.07) is 0. The maximum atomic E-state index is 12.3. The van der Waals surface area contributed by atoms with Gasteiger partial charge in [0.05, 0.1) is 0 Å². The molecule has 0 saturated heterocycles. The second-order valence-corrected chi connectivity index (χ2v) is 6.75. The lowest BCUT2D eigenvalue weighted by molar-refractivity contribution is -0.131. The van der Waals surface area contributed by atoms with Crippen molar-refractivity contribution < 1.29 is 4.79 Å². The number of carbonyl (C=O) groups excluding carboxylic acids is 1. The molecule has 1 N–H and O–H groups in total. The van der Waals surface area contributed by atoms with Crippen LogP contribution in [-0.2, 0) is 4.79 Å². The summed E-state index contributed by atoms with van der Waals surface area (Å²) in [5.74, 6) is 0.513. The summed E-state index contributed by atoms with van der Waals surface area (Å²) < 4.78 is 0. The van der Waals surface area contributed by atoms with E-state index in [1.54, 1.807) is 0 Å². The lowest BCUT2D eigenvalue weighted by atomic mass is 9.68. The number of alkyl halides is 1. The van der Waals surface area contributed by atoms with Gasteiger partial charge in [0.1, 0.15) is 0 Å². The van der Waals surface area contributed by atoms with Crippen LogP contribution in [0.2, 0.25) is 0 Å². The molecule has 0 radical (unpaired) electrons. The van der Waals surface area contributed by atoms with Gasteiger partial charge in [-0.3, -0.25) is 4.79 Å². The van der Waals surface area contributed by atoms with Gasteiger partial charge >= 0.3 is 0 Å². The minimum absolute atomic E-state index is 0.102. The van der Waals surface area contributed by atoms with E-state index in [1.165, 1.54) is 19.3 Å². The smallest absolute Gasteiger partial charge is 0.224 e. The molecule has 1 unspecified atom stereocenters. The Kier molecular flexibility index (Phi) is 3.35. The van der Waals surface area contributed by atoms with Gasteiger partial charge in [0.25, 0.3) is 0 Å². The fourth-order valence-corrected chi connectivity index (χ4v) is 3.47. The molecule has 2 aliphatic rings. The molecule has 2 saturated carbocycles. The highest BCUT2D eigenvalue weighted by Gasteiger charge is 2.46. The van der Waals surface area contributed by atoms with Gasteiger partial charge in [-0.25, -0.2) is 0 Å². The molecule has 16 heavy (non-hydrogen) atoms. The lowest BCUT2D eigenvalue weighted by Crippen LogP contribution is -2.46. The maximum absolute atomic E-state index is 12.3. The molecule has 0 aromatic heterocycles. The Bertz CT molecular complexity index is 284. The summed E-state index contributed by atoms with van der Waals surface area (Å²) in [4.78, 5) is 12.3. The quantitative estimate of drug-likeness (QED) is 0.794. The monoisotopic (exact) mass is 287 g/mol. The molecular weight excluding hydrogens is 266 g/mol. The van der Waals surface area contributed by atoms with E-state index in [-0.39, 0.29) is 16.9 Å². The summed E-state index contributed by atoms with van der Waals surface area (Å²) in [6.07, 6.45) is 7.01. The lowest BCUT2D eigenvalue weighted by Gasteiger charge is -2.38. The first-order valence-electron chi connectivity index (χ1n) is 6.37. The number of hydrogen-bond donors (Lipinski definition) is 1. The van der Waals surface area contributed by atoms with Crippen molar-refractivity contribution in [3.63, 3.8) is 0 Å². The fraction of sp³-hybridized carbons (Fsp3) is 0.923. The zero-order valence-corrected chi connectivity index (χ0v) is 11.9. The third-order valence-electron chi connectivity index (χ3n) is 4.32. The number of hydrogen-bond acceptors (Lipinski definition) is 1. The Morgan fingerprint density at radius 2 is 2.00 bits per heavy atom. The van der Waals surface area contributed by atoms with E-state index in [1.807, 2.05) is 0 Å². The SMILES string of the molecule is CC1(C)CCCCC1C(=O)NC1(CBr)CC1. The molecular formula is C13H22BrNO. The second kappa shape index (κ2) is 4.32.